The average Bonchev–Trinajstić information content (AvgIpc) is 2.72. The highest BCUT2D eigenvalue weighted by Crippen LogP contribution is 2.26. The largest absolute Gasteiger partial charge is 0.573 e. The molecule has 0 spiro atoms. The van der Waals surface area contributed by atoms with Crippen molar-refractivity contribution in [3.63, 3.8) is 0 Å². The number of ether oxygens (including phenoxy) is 1. The fourth-order valence-corrected chi connectivity index (χ4v) is 4.48. The number of benzene rings is 2. The van der Waals surface area contributed by atoms with Crippen molar-refractivity contribution in [2.45, 2.75) is 30.2 Å². The summed E-state index contributed by atoms with van der Waals surface area (Å²) in [6.45, 7) is 0.169. The second kappa shape index (κ2) is 9.71. The first-order valence-corrected chi connectivity index (χ1v) is 10.8. The van der Waals surface area contributed by atoms with Gasteiger partial charge in [0.15, 0.2) is 0 Å². The second-order valence-electron chi connectivity index (χ2n) is 6.81. The molecule has 0 aliphatic carbocycles. The van der Waals surface area contributed by atoms with E-state index >= 15 is 0 Å². The van der Waals surface area contributed by atoms with E-state index in [1.54, 1.807) is 0 Å². The van der Waals surface area contributed by atoms with Gasteiger partial charge < -0.3 is 10.1 Å². The van der Waals surface area contributed by atoms with Crippen LogP contribution < -0.4 is 15.5 Å². The number of amides is 2. The van der Waals surface area contributed by atoms with Crippen LogP contribution in [0.2, 0.25) is 0 Å². The number of carbonyl (C=O) groups is 1. The summed E-state index contributed by atoms with van der Waals surface area (Å²) in [6, 6.07) is 8.50. The van der Waals surface area contributed by atoms with Gasteiger partial charge in [0, 0.05) is 18.8 Å². The van der Waals surface area contributed by atoms with Gasteiger partial charge in [-0.3, -0.25) is 4.84 Å². The molecule has 2 aromatic carbocycles. The lowest BCUT2D eigenvalue weighted by Gasteiger charge is -2.30. The zero-order chi connectivity index (χ0) is 23.4. The fraction of sp³-hybridized carbons (Fsp3) is 0.316. The van der Waals surface area contributed by atoms with Gasteiger partial charge in [0.25, 0.3) is 0 Å². The van der Waals surface area contributed by atoms with E-state index in [1.807, 2.05) is 0 Å². The van der Waals surface area contributed by atoms with Crippen LogP contribution in [0.25, 0.3) is 0 Å². The Kier molecular flexibility index (Phi) is 7.21. The summed E-state index contributed by atoms with van der Waals surface area (Å²) in [7, 11) is -3.92. The summed E-state index contributed by atoms with van der Waals surface area (Å²) in [6.07, 6.45) is -4.78. The zero-order valence-corrected chi connectivity index (χ0v) is 17.2. The summed E-state index contributed by atoms with van der Waals surface area (Å²) in [5.41, 5.74) is 2.42. The highest BCUT2D eigenvalue weighted by molar-refractivity contribution is 7.89. The van der Waals surface area contributed by atoms with Crippen LogP contribution in [0.3, 0.4) is 0 Å². The van der Waals surface area contributed by atoms with Crippen LogP contribution >= 0.6 is 0 Å². The number of hydroxylamine groups is 1. The van der Waals surface area contributed by atoms with Crippen LogP contribution in [-0.4, -0.2) is 44.3 Å². The number of halogens is 4. The van der Waals surface area contributed by atoms with E-state index < -0.39 is 40.1 Å². The summed E-state index contributed by atoms with van der Waals surface area (Å²) in [5.74, 6) is -1.04. The zero-order valence-electron chi connectivity index (χ0n) is 16.4. The van der Waals surface area contributed by atoms with Crippen molar-refractivity contribution >= 4 is 21.7 Å². The summed E-state index contributed by atoms with van der Waals surface area (Å²) >= 11 is 0. The summed E-state index contributed by atoms with van der Waals surface area (Å²) in [4.78, 5) is 16.9. The van der Waals surface area contributed by atoms with E-state index in [4.69, 9.17) is 4.84 Å². The standard InChI is InChI=1S/C19H19F4N3O5S/c20-13-2-1-3-14(12-13)24-18(27)25-31-16-8-10-26(11-9-16)32(28,29)17-6-4-15(5-7-17)30-19(21,22)23/h1-7,12,16H,8-11H2,(H2,24,25,27). The van der Waals surface area contributed by atoms with Crippen molar-refractivity contribution in [2.75, 3.05) is 18.4 Å². The number of alkyl halides is 3. The van der Waals surface area contributed by atoms with Crippen LogP contribution in [0.5, 0.6) is 5.75 Å². The molecule has 1 heterocycles. The van der Waals surface area contributed by atoms with E-state index in [2.05, 4.69) is 15.5 Å². The van der Waals surface area contributed by atoms with Gasteiger partial charge in [-0.15, -0.1) is 13.2 Å². The number of rotatable bonds is 6. The number of nitrogens with zero attached hydrogens (tertiary/aromatic N) is 1. The van der Waals surface area contributed by atoms with Gasteiger partial charge in [-0.2, -0.15) is 4.31 Å². The quantitative estimate of drug-likeness (QED) is 0.489. The van der Waals surface area contributed by atoms with E-state index in [9.17, 15) is 30.8 Å². The smallest absolute Gasteiger partial charge is 0.406 e. The molecular formula is C19H19F4N3O5S. The molecule has 0 aromatic heterocycles. The second-order valence-corrected chi connectivity index (χ2v) is 8.74. The van der Waals surface area contributed by atoms with Gasteiger partial charge in [-0.05, 0) is 55.3 Å². The van der Waals surface area contributed by atoms with Crippen LogP contribution in [-0.2, 0) is 14.9 Å². The van der Waals surface area contributed by atoms with Gasteiger partial charge >= 0.3 is 12.4 Å². The van der Waals surface area contributed by atoms with Crippen molar-refractivity contribution in [1.29, 1.82) is 0 Å². The Balaban J connectivity index is 1.48. The van der Waals surface area contributed by atoms with Crippen molar-refractivity contribution in [1.82, 2.24) is 9.79 Å². The predicted octanol–water partition coefficient (Wildman–Crippen LogP) is 3.63. The third kappa shape index (κ3) is 6.55. The number of nitrogens with one attached hydrogen (secondary N) is 2. The molecule has 1 saturated heterocycles. The van der Waals surface area contributed by atoms with Crippen LogP contribution in [0, 0.1) is 5.82 Å². The SMILES string of the molecule is O=C(NOC1CCN(S(=O)(=O)c2ccc(OC(F)(F)F)cc2)CC1)Nc1cccc(F)c1. The van der Waals surface area contributed by atoms with E-state index in [1.165, 1.54) is 22.5 Å². The molecule has 32 heavy (non-hydrogen) atoms. The highest BCUT2D eigenvalue weighted by atomic mass is 32.2. The Morgan fingerprint density at radius 2 is 1.72 bits per heavy atom. The molecule has 0 atom stereocenters. The first-order chi connectivity index (χ1) is 15.0. The topological polar surface area (TPSA) is 97.0 Å². The molecule has 3 rings (SSSR count). The molecule has 2 amide bonds. The minimum Gasteiger partial charge on any atom is -0.406 e. The Labute approximate surface area is 181 Å². The minimum absolute atomic E-state index is 0.0843. The predicted molar refractivity (Wildman–Crippen MR) is 105 cm³/mol. The lowest BCUT2D eigenvalue weighted by atomic mass is 10.1. The molecule has 0 bridgehead atoms. The normalized spacial score (nSPS) is 15.9. The van der Waals surface area contributed by atoms with Crippen molar-refractivity contribution in [3.05, 3.63) is 54.3 Å². The van der Waals surface area contributed by atoms with Gasteiger partial charge in [0.2, 0.25) is 10.0 Å². The first-order valence-electron chi connectivity index (χ1n) is 9.37. The average molecular weight is 477 g/mol. The van der Waals surface area contributed by atoms with Crippen LogP contribution in [0.4, 0.5) is 28.0 Å². The van der Waals surface area contributed by atoms with Crippen molar-refractivity contribution in [2.24, 2.45) is 0 Å². The molecule has 1 aliphatic heterocycles. The van der Waals surface area contributed by atoms with Gasteiger partial charge in [0.05, 0.1) is 11.0 Å². The Bertz CT molecular complexity index is 1040. The molecule has 13 heteroatoms. The van der Waals surface area contributed by atoms with Crippen LogP contribution in [0.15, 0.2) is 53.4 Å². The number of carbonyl (C=O) groups excluding carboxylic acids is 1. The Morgan fingerprint density at radius 3 is 2.31 bits per heavy atom. The minimum atomic E-state index is -4.87. The molecule has 0 saturated carbocycles. The Hall–Kier alpha value is -2.90. The van der Waals surface area contributed by atoms with E-state index in [0.717, 1.165) is 30.3 Å². The third-order valence-corrected chi connectivity index (χ3v) is 6.41. The number of hydrogen-bond acceptors (Lipinski definition) is 5. The summed E-state index contributed by atoms with van der Waals surface area (Å²) < 4.78 is 80.1. The Morgan fingerprint density at radius 1 is 1.06 bits per heavy atom. The van der Waals surface area contributed by atoms with Gasteiger partial charge in [-0.25, -0.2) is 23.1 Å². The first kappa shape index (κ1) is 23.8. The molecule has 8 nitrogen and oxygen atoms in total. The molecule has 2 aromatic rings. The van der Waals surface area contributed by atoms with Crippen molar-refractivity contribution in [3.8, 4) is 5.75 Å². The van der Waals surface area contributed by atoms with Gasteiger partial charge in [0.1, 0.15) is 11.6 Å². The number of sulfonamides is 1. The van der Waals surface area contributed by atoms with E-state index in [-0.39, 0.29) is 36.5 Å². The molecule has 1 fully saturated rings. The lowest BCUT2D eigenvalue weighted by molar-refractivity contribution is -0.274. The van der Waals surface area contributed by atoms with Crippen LogP contribution in [0.1, 0.15) is 12.8 Å². The molecule has 1 aliphatic rings. The number of hydrogen-bond donors (Lipinski definition) is 2. The highest BCUT2D eigenvalue weighted by Gasteiger charge is 2.32. The molecule has 0 unspecified atom stereocenters. The number of piperidine rings is 1. The monoisotopic (exact) mass is 477 g/mol. The van der Waals surface area contributed by atoms with Crippen molar-refractivity contribution < 1.29 is 40.3 Å². The fourth-order valence-electron chi connectivity index (χ4n) is 3.01. The lowest BCUT2D eigenvalue weighted by Crippen LogP contribution is -2.43. The maximum Gasteiger partial charge on any atom is 0.573 e. The number of anilines is 1. The van der Waals surface area contributed by atoms with Gasteiger partial charge in [-0.1, -0.05) is 6.07 Å². The molecular weight excluding hydrogens is 458 g/mol. The van der Waals surface area contributed by atoms with E-state index in [0.29, 0.717) is 0 Å². The summed E-state index contributed by atoms with van der Waals surface area (Å²) in [5, 5.41) is 2.39. The number of urea groups is 1. The molecule has 2 N–H and O–H groups in total. The maximum atomic E-state index is 13.1. The molecule has 0 radical (unpaired) electrons. The maximum absolute atomic E-state index is 13.1. The third-order valence-electron chi connectivity index (χ3n) is 4.50. The molecule has 174 valence electrons.